The van der Waals surface area contributed by atoms with Gasteiger partial charge in [-0.2, -0.15) is 0 Å². The van der Waals surface area contributed by atoms with Crippen LogP contribution in [0, 0.1) is 0 Å². The Labute approximate surface area is 193 Å². The van der Waals surface area contributed by atoms with Gasteiger partial charge in [0.2, 0.25) is 6.17 Å². The van der Waals surface area contributed by atoms with Crippen molar-refractivity contribution in [1.29, 1.82) is 0 Å². The third-order valence-corrected chi connectivity index (χ3v) is 5.93. The largest absolute Gasteiger partial charge is 0.415 e. The van der Waals surface area contributed by atoms with Gasteiger partial charge < -0.3 is 10.1 Å². The molecule has 1 aliphatic heterocycles. The average molecular weight is 455 g/mol. The first-order chi connectivity index (χ1) is 16.2. The van der Waals surface area contributed by atoms with Gasteiger partial charge in [0.25, 0.3) is 5.91 Å². The molecule has 7 nitrogen and oxygen atoms in total. The van der Waals surface area contributed by atoms with Gasteiger partial charge in [-0.1, -0.05) is 65.9 Å². The van der Waals surface area contributed by atoms with Gasteiger partial charge in [-0.15, -0.1) is 0 Å². The Balaban J connectivity index is 1.38. The Hall–Kier alpha value is -4.30. The van der Waals surface area contributed by atoms with Crippen molar-refractivity contribution in [1.82, 2.24) is 10.3 Å². The molecule has 0 saturated carbocycles. The van der Waals surface area contributed by atoms with Crippen LogP contribution in [-0.4, -0.2) is 28.9 Å². The molecule has 5 rings (SSSR count). The number of pyridine rings is 1. The molecule has 0 aliphatic carbocycles. The maximum absolute atomic E-state index is 12.8. The van der Waals surface area contributed by atoms with Crippen molar-refractivity contribution in [2.75, 3.05) is 5.32 Å². The van der Waals surface area contributed by atoms with Crippen LogP contribution >= 0.6 is 11.3 Å². The van der Waals surface area contributed by atoms with Gasteiger partial charge in [-0.25, -0.2) is 9.79 Å². The number of ether oxygens (including phenoxy) is 1. The van der Waals surface area contributed by atoms with E-state index in [0.717, 1.165) is 21.7 Å². The number of carbonyl (C=O) groups excluding carboxylic acids is 2. The predicted molar refractivity (Wildman–Crippen MR) is 128 cm³/mol. The van der Waals surface area contributed by atoms with E-state index in [0.29, 0.717) is 16.5 Å². The number of hydrogen-bond donors (Lipinski definition) is 2. The quantitative estimate of drug-likeness (QED) is 0.467. The minimum absolute atomic E-state index is 0.387. The first kappa shape index (κ1) is 20.6. The Morgan fingerprint density at radius 2 is 1.73 bits per heavy atom. The summed E-state index contributed by atoms with van der Waals surface area (Å²) in [4.78, 5) is 35.2. The lowest BCUT2D eigenvalue weighted by Crippen LogP contribution is -2.43. The molecule has 2 aromatic heterocycles. The van der Waals surface area contributed by atoms with Crippen LogP contribution in [0.15, 0.2) is 96.1 Å². The zero-order valence-corrected chi connectivity index (χ0v) is 18.1. The summed E-state index contributed by atoms with van der Waals surface area (Å²) in [5.74, 6) is -0.453. The van der Waals surface area contributed by atoms with E-state index in [2.05, 4.69) is 20.6 Å². The Bertz CT molecular complexity index is 1340. The molecule has 2 aromatic carbocycles. The number of fused-ring (bicyclic) bond motifs is 1. The molecular weight excluding hydrogens is 436 g/mol. The highest BCUT2D eigenvalue weighted by Gasteiger charge is 2.27. The number of nitrogens with zero attached hydrogens (tertiary/aromatic N) is 2. The van der Waals surface area contributed by atoms with E-state index < -0.39 is 18.2 Å². The van der Waals surface area contributed by atoms with E-state index >= 15 is 0 Å². The van der Waals surface area contributed by atoms with Crippen molar-refractivity contribution >= 4 is 34.7 Å². The van der Waals surface area contributed by atoms with Crippen molar-refractivity contribution in [3.8, 4) is 15.6 Å². The van der Waals surface area contributed by atoms with Crippen LogP contribution in [0.5, 0.6) is 5.06 Å². The molecule has 0 fully saturated rings. The van der Waals surface area contributed by atoms with Crippen LogP contribution in [0.4, 0.5) is 10.5 Å². The second-order valence-corrected chi connectivity index (χ2v) is 8.19. The maximum atomic E-state index is 12.8. The number of carbonyl (C=O) groups is 2. The number of anilines is 1. The molecule has 0 bridgehead atoms. The van der Waals surface area contributed by atoms with Crippen LogP contribution in [0.2, 0.25) is 0 Å². The van der Waals surface area contributed by atoms with Gasteiger partial charge in [0.1, 0.15) is 0 Å². The second-order valence-electron chi connectivity index (χ2n) is 7.15. The van der Waals surface area contributed by atoms with Crippen molar-refractivity contribution in [2.45, 2.75) is 6.17 Å². The smallest absolute Gasteiger partial charge is 0.399 e. The third-order valence-electron chi connectivity index (χ3n) is 4.94. The van der Waals surface area contributed by atoms with Crippen molar-refractivity contribution in [3.63, 3.8) is 0 Å². The SMILES string of the molecule is O=C(N[C@H]1N=C(c2ccccc2)c2ccccc2NC1=O)Oc1ccc(-c2ccccn2)s1. The Morgan fingerprint density at radius 3 is 2.55 bits per heavy atom. The number of thiophene rings is 1. The summed E-state index contributed by atoms with van der Waals surface area (Å²) in [5, 5.41) is 5.80. The van der Waals surface area contributed by atoms with E-state index in [1.165, 1.54) is 11.3 Å². The fourth-order valence-electron chi connectivity index (χ4n) is 3.43. The highest BCUT2D eigenvalue weighted by atomic mass is 32.1. The molecule has 0 radical (unpaired) electrons. The number of aliphatic imine (C=N–C) groups is 1. The van der Waals surface area contributed by atoms with Crippen molar-refractivity contribution < 1.29 is 14.3 Å². The monoisotopic (exact) mass is 454 g/mol. The number of benzodiazepines with no additional fused rings is 1. The van der Waals surface area contributed by atoms with Gasteiger partial charge in [-0.05, 0) is 30.3 Å². The van der Waals surface area contributed by atoms with Crippen LogP contribution < -0.4 is 15.4 Å². The number of rotatable bonds is 4. The topological polar surface area (TPSA) is 92.7 Å². The summed E-state index contributed by atoms with van der Waals surface area (Å²) in [5.41, 5.74) is 3.62. The fourth-order valence-corrected chi connectivity index (χ4v) is 4.27. The number of para-hydroxylation sites is 1. The molecule has 2 N–H and O–H groups in total. The van der Waals surface area contributed by atoms with Gasteiger partial charge >= 0.3 is 6.09 Å². The maximum Gasteiger partial charge on any atom is 0.415 e. The molecular formula is C25H18N4O3S. The molecule has 8 heteroatoms. The molecule has 0 saturated heterocycles. The first-order valence-electron chi connectivity index (χ1n) is 10.2. The molecule has 1 atom stereocenters. The van der Waals surface area contributed by atoms with Crippen LogP contribution in [0.1, 0.15) is 11.1 Å². The highest BCUT2D eigenvalue weighted by molar-refractivity contribution is 7.17. The molecule has 1 aliphatic rings. The summed E-state index contributed by atoms with van der Waals surface area (Å²) in [6.45, 7) is 0. The lowest BCUT2D eigenvalue weighted by Gasteiger charge is -2.12. The summed E-state index contributed by atoms with van der Waals surface area (Å²) in [6, 6.07) is 26.0. The van der Waals surface area contributed by atoms with Gasteiger partial charge in [0.15, 0.2) is 5.06 Å². The van der Waals surface area contributed by atoms with Gasteiger partial charge in [0, 0.05) is 17.3 Å². The first-order valence-corrected chi connectivity index (χ1v) is 11.0. The number of benzene rings is 2. The third kappa shape index (κ3) is 4.51. The molecule has 0 spiro atoms. The normalized spacial score (nSPS) is 15.0. The highest BCUT2D eigenvalue weighted by Crippen LogP contribution is 2.32. The average Bonchev–Trinajstić information content (AvgIpc) is 3.26. The Morgan fingerprint density at radius 1 is 0.939 bits per heavy atom. The number of aromatic nitrogens is 1. The zero-order chi connectivity index (χ0) is 22.6. The van der Waals surface area contributed by atoms with Gasteiger partial charge in [0.05, 0.1) is 22.0 Å². The van der Waals surface area contributed by atoms with E-state index in [4.69, 9.17) is 4.74 Å². The molecule has 162 valence electrons. The summed E-state index contributed by atoms with van der Waals surface area (Å²) in [7, 11) is 0. The molecule has 0 unspecified atom stereocenters. The minimum atomic E-state index is -1.16. The predicted octanol–water partition coefficient (Wildman–Crippen LogP) is 4.71. The fraction of sp³-hybridized carbons (Fsp3) is 0.0400. The number of amides is 2. The van der Waals surface area contributed by atoms with Crippen LogP contribution in [0.25, 0.3) is 10.6 Å². The Kier molecular flexibility index (Phi) is 5.65. The zero-order valence-electron chi connectivity index (χ0n) is 17.3. The molecule has 2 amide bonds. The summed E-state index contributed by atoms with van der Waals surface area (Å²) < 4.78 is 5.42. The molecule has 33 heavy (non-hydrogen) atoms. The number of hydrogen-bond acceptors (Lipinski definition) is 6. The standard InChI is InChI=1S/C25H18N4O3S/c30-24-23(29-25(31)32-21-14-13-20(33-21)19-12-6-7-15-26-19)28-22(16-8-2-1-3-9-16)17-10-4-5-11-18(17)27-24/h1-15,23H,(H,27,30)(H,29,31)/t23-/m1/s1. The van der Waals surface area contributed by atoms with Gasteiger partial charge in [-0.3, -0.25) is 15.1 Å². The van der Waals surface area contributed by atoms with E-state index in [1.807, 2.05) is 72.8 Å². The number of nitrogens with one attached hydrogen (secondary N) is 2. The second kappa shape index (κ2) is 9.05. The lowest BCUT2D eigenvalue weighted by molar-refractivity contribution is -0.117. The van der Waals surface area contributed by atoms with Crippen LogP contribution in [0.3, 0.4) is 0 Å². The van der Waals surface area contributed by atoms with E-state index in [1.54, 1.807) is 18.3 Å². The molecule has 3 heterocycles. The lowest BCUT2D eigenvalue weighted by atomic mass is 10.0. The molecule has 4 aromatic rings. The summed E-state index contributed by atoms with van der Waals surface area (Å²) >= 11 is 1.29. The van der Waals surface area contributed by atoms with Crippen molar-refractivity contribution in [3.05, 3.63) is 102 Å². The van der Waals surface area contributed by atoms with E-state index in [9.17, 15) is 9.59 Å². The van der Waals surface area contributed by atoms with E-state index in [-0.39, 0.29) is 0 Å². The van der Waals surface area contributed by atoms with Crippen LogP contribution in [-0.2, 0) is 4.79 Å². The van der Waals surface area contributed by atoms with Crippen molar-refractivity contribution in [2.24, 2.45) is 4.99 Å². The summed E-state index contributed by atoms with van der Waals surface area (Å²) in [6.07, 6.45) is -0.227. The minimum Gasteiger partial charge on any atom is -0.399 e.